The number of halogens is 1. The molecule has 0 saturated heterocycles. The Balaban J connectivity index is 1.53. The monoisotopic (exact) mass is 443 g/mol. The van der Waals surface area contributed by atoms with E-state index in [4.69, 9.17) is 4.42 Å². The third-order valence-electron chi connectivity index (χ3n) is 5.02. The first kappa shape index (κ1) is 20.3. The molecule has 1 N–H and O–H groups in total. The highest BCUT2D eigenvalue weighted by molar-refractivity contribution is 6.08. The molecule has 164 valence electrons. The molecule has 0 atom stereocenters. The number of carbonyl (C=O) groups excluding carboxylic acids is 1. The second kappa shape index (κ2) is 8.15. The number of hydrogen-bond acceptors (Lipinski definition) is 6. The molecule has 3 heterocycles. The van der Waals surface area contributed by atoms with Crippen molar-refractivity contribution in [1.82, 2.24) is 30.0 Å². The van der Waals surface area contributed by atoms with Crippen LogP contribution in [0.5, 0.6) is 0 Å². The van der Waals surface area contributed by atoms with E-state index in [-0.39, 0.29) is 11.3 Å². The number of hydrogen-bond donors (Lipinski definition) is 1. The lowest BCUT2D eigenvalue weighted by atomic mass is 10.2. The van der Waals surface area contributed by atoms with Crippen LogP contribution in [-0.2, 0) is 0 Å². The van der Waals surface area contributed by atoms with E-state index in [0.717, 1.165) is 5.69 Å². The molecular weight excluding hydrogens is 425 g/mol. The molecule has 2 aromatic carbocycles. The van der Waals surface area contributed by atoms with E-state index >= 15 is 0 Å². The van der Waals surface area contributed by atoms with Crippen LogP contribution in [-0.4, -0.2) is 35.9 Å². The van der Waals surface area contributed by atoms with Gasteiger partial charge in [0, 0.05) is 6.20 Å². The summed E-state index contributed by atoms with van der Waals surface area (Å²) in [5.41, 5.74) is 1.84. The Bertz CT molecular complexity index is 1450. The summed E-state index contributed by atoms with van der Waals surface area (Å²) in [6, 6.07) is 17.1. The summed E-state index contributed by atoms with van der Waals surface area (Å²) >= 11 is 0. The Kier molecular flexibility index (Phi) is 5.02. The third kappa shape index (κ3) is 3.89. The maximum atomic E-state index is 14.6. The van der Waals surface area contributed by atoms with Crippen molar-refractivity contribution in [2.75, 3.05) is 5.32 Å². The Labute approximate surface area is 187 Å². The lowest BCUT2D eigenvalue weighted by molar-refractivity contribution is 0.102. The van der Waals surface area contributed by atoms with Gasteiger partial charge in [-0.3, -0.25) is 4.79 Å². The van der Waals surface area contributed by atoms with Crippen molar-refractivity contribution in [2.45, 2.75) is 13.8 Å². The molecule has 0 aliphatic carbocycles. The van der Waals surface area contributed by atoms with Crippen molar-refractivity contribution in [3.05, 3.63) is 89.8 Å². The van der Waals surface area contributed by atoms with Crippen LogP contribution in [0.3, 0.4) is 0 Å². The van der Waals surface area contributed by atoms with Gasteiger partial charge in [0.15, 0.2) is 11.6 Å². The molecule has 0 spiro atoms. The van der Waals surface area contributed by atoms with Crippen molar-refractivity contribution in [3.63, 3.8) is 0 Å². The number of benzene rings is 2. The number of para-hydroxylation sites is 1. The largest absolute Gasteiger partial charge is 0.460 e. The topological polar surface area (TPSA) is 104 Å². The molecule has 0 unspecified atom stereocenters. The summed E-state index contributed by atoms with van der Waals surface area (Å²) in [5, 5.41) is 18.5. The Morgan fingerprint density at radius 3 is 2.55 bits per heavy atom. The molecule has 10 heteroatoms. The highest BCUT2D eigenvalue weighted by Gasteiger charge is 2.22. The van der Waals surface area contributed by atoms with Crippen LogP contribution in [0, 0.1) is 19.7 Å². The van der Waals surface area contributed by atoms with Gasteiger partial charge in [-0.25, -0.2) is 9.07 Å². The van der Waals surface area contributed by atoms with Gasteiger partial charge in [0.05, 0.1) is 22.6 Å². The molecular formula is C23H18FN7O2. The van der Waals surface area contributed by atoms with Crippen molar-refractivity contribution in [1.29, 1.82) is 0 Å². The molecule has 5 rings (SSSR count). The van der Waals surface area contributed by atoms with Crippen molar-refractivity contribution in [2.24, 2.45) is 0 Å². The predicted molar refractivity (Wildman–Crippen MR) is 118 cm³/mol. The average Bonchev–Trinajstić information content (AvgIpc) is 3.55. The lowest BCUT2D eigenvalue weighted by Gasteiger charge is -2.09. The third-order valence-corrected chi connectivity index (χ3v) is 5.02. The summed E-state index contributed by atoms with van der Waals surface area (Å²) in [7, 11) is 0. The minimum atomic E-state index is -0.594. The molecule has 0 fully saturated rings. The van der Waals surface area contributed by atoms with Gasteiger partial charge in [-0.1, -0.05) is 18.2 Å². The van der Waals surface area contributed by atoms with Crippen LogP contribution >= 0.6 is 0 Å². The quantitative estimate of drug-likeness (QED) is 0.438. The molecule has 0 saturated carbocycles. The number of aryl methyl sites for hydroxylation is 2. The number of nitrogens with zero attached hydrogens (tertiary/aromatic N) is 6. The first-order valence-corrected chi connectivity index (χ1v) is 10.1. The maximum Gasteiger partial charge on any atom is 0.259 e. The molecule has 1 amide bonds. The van der Waals surface area contributed by atoms with Crippen LogP contribution in [0.4, 0.5) is 10.1 Å². The Morgan fingerprint density at radius 2 is 1.85 bits per heavy atom. The highest BCUT2D eigenvalue weighted by atomic mass is 19.1. The predicted octanol–water partition coefficient (Wildman–Crippen LogP) is 4.12. The molecule has 0 bridgehead atoms. The number of amides is 1. The van der Waals surface area contributed by atoms with Gasteiger partial charge in [0.2, 0.25) is 0 Å². The molecule has 0 aliphatic heterocycles. The van der Waals surface area contributed by atoms with E-state index in [2.05, 4.69) is 25.9 Å². The molecule has 0 radical (unpaired) electrons. The van der Waals surface area contributed by atoms with E-state index in [1.165, 1.54) is 22.9 Å². The van der Waals surface area contributed by atoms with Crippen LogP contribution < -0.4 is 5.32 Å². The van der Waals surface area contributed by atoms with Crippen molar-refractivity contribution < 1.29 is 13.6 Å². The minimum absolute atomic E-state index is 0.0126. The SMILES string of the molecule is Cc1ccc(-c2nn(-c3ccccc3)cc2C(=O)Nc2cc(-n3nnnc3C)ccc2F)o1. The first-order valence-electron chi connectivity index (χ1n) is 10.1. The van der Waals surface area contributed by atoms with Crippen LogP contribution in [0.2, 0.25) is 0 Å². The number of tetrazole rings is 1. The number of anilines is 1. The van der Waals surface area contributed by atoms with Gasteiger partial charge in [-0.05, 0) is 66.7 Å². The summed E-state index contributed by atoms with van der Waals surface area (Å²) < 4.78 is 23.3. The summed E-state index contributed by atoms with van der Waals surface area (Å²) in [5.74, 6) is 0.514. The highest BCUT2D eigenvalue weighted by Crippen LogP contribution is 2.27. The van der Waals surface area contributed by atoms with E-state index < -0.39 is 11.7 Å². The standard InChI is InChI=1S/C23H18FN7O2/c1-14-8-11-21(33-14)22-18(13-30(27-22)16-6-4-3-5-7-16)23(32)25-20-12-17(9-10-19(20)24)31-15(2)26-28-29-31/h3-13H,1-2H3,(H,25,32). The second-order valence-corrected chi connectivity index (χ2v) is 7.34. The number of carbonyl (C=O) groups is 1. The van der Waals surface area contributed by atoms with Crippen molar-refractivity contribution >= 4 is 11.6 Å². The Morgan fingerprint density at radius 1 is 1.03 bits per heavy atom. The summed E-state index contributed by atoms with van der Waals surface area (Å²) in [4.78, 5) is 13.3. The summed E-state index contributed by atoms with van der Waals surface area (Å²) in [6.07, 6.45) is 1.59. The fraction of sp³-hybridized carbons (Fsp3) is 0.0870. The zero-order valence-electron chi connectivity index (χ0n) is 17.7. The molecule has 3 aromatic heterocycles. The molecule has 9 nitrogen and oxygen atoms in total. The van der Waals surface area contributed by atoms with Crippen molar-refractivity contribution in [3.8, 4) is 22.8 Å². The van der Waals surface area contributed by atoms with Gasteiger partial charge in [-0.15, -0.1) is 5.10 Å². The average molecular weight is 443 g/mol. The maximum absolute atomic E-state index is 14.6. The minimum Gasteiger partial charge on any atom is -0.460 e. The fourth-order valence-corrected chi connectivity index (χ4v) is 3.40. The number of rotatable bonds is 5. The van der Waals surface area contributed by atoms with Gasteiger partial charge in [-0.2, -0.15) is 9.78 Å². The fourth-order valence-electron chi connectivity index (χ4n) is 3.40. The van der Waals surface area contributed by atoms with Crippen LogP contribution in [0.1, 0.15) is 21.9 Å². The van der Waals surface area contributed by atoms with Crippen LogP contribution in [0.15, 0.2) is 71.3 Å². The van der Waals surface area contributed by atoms with E-state index in [1.54, 1.807) is 36.9 Å². The van der Waals surface area contributed by atoms with Gasteiger partial charge >= 0.3 is 0 Å². The molecule has 5 aromatic rings. The molecule has 33 heavy (non-hydrogen) atoms. The Hall–Kier alpha value is -4.60. The van der Waals surface area contributed by atoms with Gasteiger partial charge in [0.25, 0.3) is 5.91 Å². The van der Waals surface area contributed by atoms with E-state index in [9.17, 15) is 9.18 Å². The zero-order valence-corrected chi connectivity index (χ0v) is 17.7. The molecule has 0 aliphatic rings. The normalized spacial score (nSPS) is 11.0. The van der Waals surface area contributed by atoms with Crippen LogP contribution in [0.25, 0.3) is 22.8 Å². The number of furan rings is 1. The van der Waals surface area contributed by atoms with E-state index in [0.29, 0.717) is 28.7 Å². The summed E-state index contributed by atoms with van der Waals surface area (Å²) in [6.45, 7) is 3.52. The second-order valence-electron chi connectivity index (χ2n) is 7.34. The van der Waals surface area contributed by atoms with E-state index in [1.807, 2.05) is 30.3 Å². The first-order chi connectivity index (χ1) is 16.0. The zero-order chi connectivity index (χ0) is 22.9. The number of aromatic nitrogens is 6. The van der Waals surface area contributed by atoms with Gasteiger partial charge in [0.1, 0.15) is 17.3 Å². The lowest BCUT2D eigenvalue weighted by Crippen LogP contribution is -2.14. The smallest absolute Gasteiger partial charge is 0.259 e. The van der Waals surface area contributed by atoms with Gasteiger partial charge < -0.3 is 9.73 Å². The number of nitrogens with one attached hydrogen (secondary N) is 1.